The molecule has 1 aliphatic heterocycles. The molecule has 0 amide bonds. The number of nitrogens with one attached hydrogen (secondary N) is 1. The number of rotatable bonds is 3. The van der Waals surface area contributed by atoms with E-state index < -0.39 is 0 Å². The molecule has 1 atom stereocenters. The largest absolute Gasteiger partial charge is 0.469 e. The van der Waals surface area contributed by atoms with Gasteiger partial charge in [-0.3, -0.25) is 4.79 Å². The van der Waals surface area contributed by atoms with Crippen molar-refractivity contribution in [1.82, 2.24) is 5.32 Å². The first-order chi connectivity index (χ1) is 8.70. The van der Waals surface area contributed by atoms with Gasteiger partial charge in [-0.25, -0.2) is 4.39 Å². The van der Waals surface area contributed by atoms with Crippen LogP contribution in [-0.2, 0) is 9.53 Å². The first-order valence-corrected chi connectivity index (χ1v) is 6.00. The number of esters is 1. The number of halogens is 1. The van der Waals surface area contributed by atoms with Gasteiger partial charge in [0, 0.05) is 25.3 Å². The van der Waals surface area contributed by atoms with E-state index in [0.29, 0.717) is 6.42 Å². The Morgan fingerprint density at radius 1 is 1.50 bits per heavy atom. The molecule has 2 rings (SSSR count). The van der Waals surface area contributed by atoms with E-state index in [1.54, 1.807) is 12.1 Å². The summed E-state index contributed by atoms with van der Waals surface area (Å²) in [5, 5.41) is 3.25. The summed E-state index contributed by atoms with van der Waals surface area (Å²) in [6.07, 6.45) is 0.334. The van der Waals surface area contributed by atoms with Crippen LogP contribution in [0.2, 0.25) is 0 Å². The van der Waals surface area contributed by atoms with Gasteiger partial charge in [0.15, 0.2) is 0 Å². The first-order valence-electron chi connectivity index (χ1n) is 6.00. The van der Waals surface area contributed by atoms with Gasteiger partial charge in [-0.2, -0.15) is 0 Å². The molecule has 5 heteroatoms. The molecule has 1 aromatic carbocycles. The Morgan fingerprint density at radius 2 is 2.22 bits per heavy atom. The van der Waals surface area contributed by atoms with Gasteiger partial charge in [-0.05, 0) is 24.3 Å². The van der Waals surface area contributed by atoms with Gasteiger partial charge >= 0.3 is 5.97 Å². The van der Waals surface area contributed by atoms with Crippen LogP contribution in [0.4, 0.5) is 10.1 Å². The topological polar surface area (TPSA) is 41.6 Å². The molecule has 1 N–H and O–H groups in total. The maximum Gasteiger partial charge on any atom is 0.307 e. The number of hydrogen-bond donors (Lipinski definition) is 1. The van der Waals surface area contributed by atoms with Crippen molar-refractivity contribution >= 4 is 11.7 Å². The second kappa shape index (κ2) is 5.82. The summed E-state index contributed by atoms with van der Waals surface area (Å²) in [7, 11) is 1.39. The molecule has 0 aliphatic carbocycles. The summed E-state index contributed by atoms with van der Waals surface area (Å²) >= 11 is 0. The number of carbonyl (C=O) groups is 1. The number of hydrogen-bond acceptors (Lipinski definition) is 4. The van der Waals surface area contributed by atoms with E-state index in [0.717, 1.165) is 25.3 Å². The third-order valence-electron chi connectivity index (χ3n) is 3.14. The van der Waals surface area contributed by atoms with Crippen molar-refractivity contribution in [2.24, 2.45) is 0 Å². The number of ether oxygens (including phenoxy) is 1. The maximum atomic E-state index is 12.9. The highest BCUT2D eigenvalue weighted by molar-refractivity contribution is 5.71. The zero-order valence-electron chi connectivity index (χ0n) is 10.4. The average molecular weight is 252 g/mol. The molecule has 1 fully saturated rings. The van der Waals surface area contributed by atoms with Crippen LogP contribution < -0.4 is 10.2 Å². The van der Waals surface area contributed by atoms with Gasteiger partial charge in [0.05, 0.1) is 19.6 Å². The van der Waals surface area contributed by atoms with Gasteiger partial charge in [0.2, 0.25) is 0 Å². The highest BCUT2D eigenvalue weighted by Gasteiger charge is 2.25. The molecule has 0 bridgehead atoms. The lowest BCUT2D eigenvalue weighted by Crippen LogP contribution is -2.52. The van der Waals surface area contributed by atoms with Gasteiger partial charge < -0.3 is 15.0 Å². The highest BCUT2D eigenvalue weighted by Crippen LogP contribution is 2.20. The van der Waals surface area contributed by atoms with Gasteiger partial charge in [-0.15, -0.1) is 0 Å². The van der Waals surface area contributed by atoms with Crippen LogP contribution in [0.3, 0.4) is 0 Å². The maximum absolute atomic E-state index is 12.9. The second-order valence-electron chi connectivity index (χ2n) is 4.31. The van der Waals surface area contributed by atoms with E-state index >= 15 is 0 Å². The number of nitrogens with zero attached hydrogens (tertiary/aromatic N) is 1. The van der Waals surface area contributed by atoms with Crippen molar-refractivity contribution in [2.75, 3.05) is 31.6 Å². The molecule has 98 valence electrons. The molecule has 0 saturated carbocycles. The normalized spacial score (nSPS) is 19.7. The average Bonchev–Trinajstić information content (AvgIpc) is 2.40. The number of carbonyl (C=O) groups excluding carboxylic acids is 1. The van der Waals surface area contributed by atoms with Crippen molar-refractivity contribution in [3.63, 3.8) is 0 Å². The van der Waals surface area contributed by atoms with Crippen LogP contribution >= 0.6 is 0 Å². The summed E-state index contributed by atoms with van der Waals surface area (Å²) in [4.78, 5) is 13.5. The molecule has 1 saturated heterocycles. The van der Waals surface area contributed by atoms with Crippen LogP contribution in [-0.4, -0.2) is 38.8 Å². The second-order valence-corrected chi connectivity index (χ2v) is 4.31. The number of anilines is 1. The van der Waals surface area contributed by atoms with E-state index in [4.69, 9.17) is 4.74 Å². The minimum absolute atomic E-state index is 0.0525. The summed E-state index contributed by atoms with van der Waals surface area (Å²) in [6.45, 7) is 2.38. The molecule has 1 heterocycles. The van der Waals surface area contributed by atoms with E-state index in [1.165, 1.54) is 19.2 Å². The summed E-state index contributed by atoms with van der Waals surface area (Å²) < 4.78 is 17.6. The quantitative estimate of drug-likeness (QED) is 0.820. The smallest absolute Gasteiger partial charge is 0.307 e. The number of methoxy groups -OCH3 is 1. The van der Waals surface area contributed by atoms with Gasteiger partial charge in [0.1, 0.15) is 5.82 Å². The third-order valence-corrected chi connectivity index (χ3v) is 3.14. The van der Waals surface area contributed by atoms with Crippen molar-refractivity contribution in [2.45, 2.75) is 12.5 Å². The van der Waals surface area contributed by atoms with Crippen LogP contribution in [0.5, 0.6) is 0 Å². The molecule has 18 heavy (non-hydrogen) atoms. The zero-order valence-corrected chi connectivity index (χ0v) is 10.4. The van der Waals surface area contributed by atoms with Crippen LogP contribution in [0.15, 0.2) is 24.3 Å². The third kappa shape index (κ3) is 2.98. The lowest BCUT2D eigenvalue weighted by atomic mass is 10.1. The minimum Gasteiger partial charge on any atom is -0.469 e. The van der Waals surface area contributed by atoms with Crippen molar-refractivity contribution in [3.8, 4) is 0 Å². The predicted octanol–water partition coefficient (Wildman–Crippen LogP) is 1.17. The standard InChI is InChI=1S/C13H17FN2O2/c1-18-13(17)8-12-9-15-6-7-16(12)11-4-2-10(14)3-5-11/h2-5,12,15H,6-9H2,1H3. The Kier molecular flexibility index (Phi) is 4.15. The number of piperazine rings is 1. The summed E-state index contributed by atoms with van der Waals surface area (Å²) in [6, 6.07) is 6.41. The SMILES string of the molecule is COC(=O)CC1CNCCN1c1ccc(F)cc1. The highest BCUT2D eigenvalue weighted by atomic mass is 19.1. The van der Waals surface area contributed by atoms with Crippen LogP contribution in [0.25, 0.3) is 0 Å². The fraction of sp³-hybridized carbons (Fsp3) is 0.462. The van der Waals surface area contributed by atoms with Crippen molar-refractivity contribution < 1.29 is 13.9 Å². The summed E-state index contributed by atoms with van der Waals surface area (Å²) in [5.74, 6) is -0.478. The summed E-state index contributed by atoms with van der Waals surface area (Å²) in [5.41, 5.74) is 0.937. The Labute approximate surface area is 106 Å². The molecular formula is C13H17FN2O2. The van der Waals surface area contributed by atoms with E-state index in [-0.39, 0.29) is 17.8 Å². The molecule has 1 aromatic rings. The zero-order chi connectivity index (χ0) is 13.0. The fourth-order valence-electron chi connectivity index (χ4n) is 2.19. The Bertz CT molecular complexity index is 408. The van der Waals surface area contributed by atoms with E-state index in [2.05, 4.69) is 10.2 Å². The Hall–Kier alpha value is -1.62. The lowest BCUT2D eigenvalue weighted by molar-refractivity contribution is -0.141. The van der Waals surface area contributed by atoms with Gasteiger partial charge in [0.25, 0.3) is 0 Å². The first kappa shape index (κ1) is 12.8. The molecule has 4 nitrogen and oxygen atoms in total. The van der Waals surface area contributed by atoms with Crippen LogP contribution in [0, 0.1) is 5.82 Å². The van der Waals surface area contributed by atoms with Crippen molar-refractivity contribution in [3.05, 3.63) is 30.1 Å². The molecule has 0 spiro atoms. The van der Waals surface area contributed by atoms with Crippen molar-refractivity contribution in [1.29, 1.82) is 0 Å². The molecule has 1 aliphatic rings. The fourth-order valence-corrected chi connectivity index (χ4v) is 2.19. The van der Waals surface area contributed by atoms with Crippen LogP contribution in [0.1, 0.15) is 6.42 Å². The molecule has 1 unspecified atom stereocenters. The Balaban J connectivity index is 2.12. The lowest BCUT2D eigenvalue weighted by Gasteiger charge is -2.37. The van der Waals surface area contributed by atoms with E-state index in [1.807, 2.05) is 0 Å². The predicted molar refractivity (Wildman–Crippen MR) is 67.0 cm³/mol. The Morgan fingerprint density at radius 3 is 2.89 bits per heavy atom. The molecule has 0 aromatic heterocycles. The van der Waals surface area contributed by atoms with Gasteiger partial charge in [-0.1, -0.05) is 0 Å². The molecular weight excluding hydrogens is 235 g/mol. The monoisotopic (exact) mass is 252 g/mol. The minimum atomic E-state index is -0.251. The van der Waals surface area contributed by atoms with E-state index in [9.17, 15) is 9.18 Å². The molecule has 0 radical (unpaired) electrons. The number of benzene rings is 1.